The number of rotatable bonds is 6. The molecule has 0 amide bonds. The Morgan fingerprint density at radius 1 is 1.20 bits per heavy atom. The van der Waals surface area contributed by atoms with Gasteiger partial charge in [0.1, 0.15) is 0 Å². The largest absolute Gasteiger partial charge is 0.373 e. The van der Waals surface area contributed by atoms with E-state index in [1.165, 1.54) is 0 Å². The summed E-state index contributed by atoms with van der Waals surface area (Å²) in [5.41, 5.74) is 2.96. The van der Waals surface area contributed by atoms with Crippen LogP contribution in [-0.4, -0.2) is 11.9 Å². The van der Waals surface area contributed by atoms with Crippen LogP contribution in [0.2, 0.25) is 0 Å². The highest BCUT2D eigenvalue weighted by Crippen LogP contribution is 2.27. The molecule has 1 atom stereocenters. The summed E-state index contributed by atoms with van der Waals surface area (Å²) in [5, 5.41) is 0. The van der Waals surface area contributed by atoms with E-state index >= 15 is 0 Å². The first-order valence-corrected chi connectivity index (χ1v) is 6.37. The van der Waals surface area contributed by atoms with Crippen LogP contribution in [0, 0.1) is 13.8 Å². The molecule has 0 heterocycles. The van der Waals surface area contributed by atoms with E-state index in [4.69, 9.17) is 11.8 Å². The zero-order valence-electron chi connectivity index (χ0n) is 11.7. The predicted molar refractivity (Wildman–Crippen MR) is 73.1 cm³/mol. The van der Waals surface area contributed by atoms with Gasteiger partial charge in [-0.3, -0.25) is 4.79 Å². The Kier molecular flexibility index (Phi) is 6.14. The highest BCUT2D eigenvalue weighted by Gasteiger charge is 2.24. The zero-order valence-corrected chi connectivity index (χ0v) is 11.7. The Hall–Kier alpha value is -1.92. The highest BCUT2D eigenvalue weighted by molar-refractivity contribution is 5.78. The number of aryl methyl sites for hydroxylation is 1. The van der Waals surface area contributed by atoms with Crippen molar-refractivity contribution in [3.63, 3.8) is 0 Å². The van der Waals surface area contributed by atoms with Crippen molar-refractivity contribution < 1.29 is 19.3 Å². The van der Waals surface area contributed by atoms with Crippen molar-refractivity contribution in [2.24, 2.45) is 11.8 Å². The average molecular weight is 280 g/mol. The molecule has 6 nitrogen and oxygen atoms in total. The summed E-state index contributed by atoms with van der Waals surface area (Å²) in [6, 6.07) is 5.71. The fourth-order valence-electron chi connectivity index (χ4n) is 2.14. The third kappa shape index (κ3) is 4.04. The molecule has 110 valence electrons. The lowest BCUT2D eigenvalue weighted by atomic mass is 9.88. The quantitative estimate of drug-likeness (QED) is 0.763. The van der Waals surface area contributed by atoms with Crippen molar-refractivity contribution in [3.8, 4) is 0 Å². The molecule has 0 bridgehead atoms. The van der Waals surface area contributed by atoms with Crippen molar-refractivity contribution in [1.82, 2.24) is 0 Å². The minimum absolute atomic E-state index is 0.149. The summed E-state index contributed by atoms with van der Waals surface area (Å²) in [5.74, 6) is 8.25. The third-order valence-corrected chi connectivity index (χ3v) is 3.43. The summed E-state index contributed by atoms with van der Waals surface area (Å²) in [6.45, 7) is 3.91. The van der Waals surface area contributed by atoms with Crippen molar-refractivity contribution in [3.05, 3.63) is 34.9 Å². The predicted octanol–water partition coefficient (Wildman–Crippen LogP) is 1.39. The normalized spacial score (nSPS) is 11.8. The van der Waals surface area contributed by atoms with E-state index in [1.54, 1.807) is 0 Å². The number of hydrogen-bond donors (Lipinski definition) is 2. The first-order chi connectivity index (χ1) is 9.51. The van der Waals surface area contributed by atoms with Crippen molar-refractivity contribution in [2.75, 3.05) is 0 Å². The van der Waals surface area contributed by atoms with Crippen LogP contribution in [0.4, 0.5) is 0 Å². The van der Waals surface area contributed by atoms with E-state index in [9.17, 15) is 9.59 Å². The molecular weight excluding hydrogens is 260 g/mol. The molecule has 0 aliphatic carbocycles. The van der Waals surface area contributed by atoms with E-state index in [1.807, 2.05) is 32.0 Å². The van der Waals surface area contributed by atoms with Gasteiger partial charge in [-0.1, -0.05) is 18.2 Å². The maximum Gasteiger partial charge on any atom is 0.331 e. The molecule has 0 aliphatic heterocycles. The molecule has 1 unspecified atom stereocenters. The van der Waals surface area contributed by atoms with Gasteiger partial charge in [-0.25, -0.2) is 4.79 Å². The molecule has 0 aromatic heterocycles. The lowest BCUT2D eigenvalue weighted by Crippen LogP contribution is -2.21. The third-order valence-electron chi connectivity index (χ3n) is 3.43. The zero-order chi connectivity index (χ0) is 15.1. The van der Waals surface area contributed by atoms with Crippen LogP contribution in [0.5, 0.6) is 0 Å². The Morgan fingerprint density at radius 3 is 2.50 bits per heavy atom. The fraction of sp³-hybridized carbons (Fsp3) is 0.429. The van der Waals surface area contributed by atoms with Gasteiger partial charge < -0.3 is 9.68 Å². The molecule has 0 saturated carbocycles. The number of nitrogens with two attached hydrogens (primary N) is 2. The second kappa shape index (κ2) is 7.62. The number of benzene rings is 1. The van der Waals surface area contributed by atoms with Gasteiger partial charge in [0.25, 0.3) is 0 Å². The van der Waals surface area contributed by atoms with Gasteiger partial charge in [0, 0.05) is 6.42 Å². The minimum atomic E-state index is -0.514. The van der Waals surface area contributed by atoms with E-state index in [0.29, 0.717) is 12.8 Å². The lowest BCUT2D eigenvalue weighted by molar-refractivity contribution is -0.147. The summed E-state index contributed by atoms with van der Waals surface area (Å²) >= 11 is 0. The maximum atomic E-state index is 11.8. The van der Waals surface area contributed by atoms with Gasteiger partial charge in [0.2, 0.25) is 0 Å². The molecule has 1 rings (SSSR count). The fourth-order valence-corrected chi connectivity index (χ4v) is 2.14. The van der Waals surface area contributed by atoms with E-state index in [0.717, 1.165) is 16.7 Å². The van der Waals surface area contributed by atoms with Crippen LogP contribution in [0.1, 0.15) is 41.9 Å². The SMILES string of the molecule is Cc1cccc(C(CCCC(=O)ON)C(=O)ON)c1C. The minimum Gasteiger partial charge on any atom is -0.373 e. The van der Waals surface area contributed by atoms with Crippen molar-refractivity contribution >= 4 is 11.9 Å². The highest BCUT2D eigenvalue weighted by atomic mass is 16.7. The van der Waals surface area contributed by atoms with Crippen LogP contribution in [0.15, 0.2) is 18.2 Å². The first kappa shape index (κ1) is 16.1. The summed E-state index contributed by atoms with van der Waals surface area (Å²) in [7, 11) is 0. The molecule has 1 aromatic rings. The van der Waals surface area contributed by atoms with Crippen molar-refractivity contribution in [2.45, 2.75) is 39.0 Å². The second-order valence-electron chi connectivity index (χ2n) is 4.66. The van der Waals surface area contributed by atoms with Crippen LogP contribution < -0.4 is 11.8 Å². The molecular formula is C14H20N2O4. The second-order valence-corrected chi connectivity index (χ2v) is 4.66. The molecule has 0 aliphatic rings. The topological polar surface area (TPSA) is 105 Å². The van der Waals surface area contributed by atoms with E-state index in [2.05, 4.69) is 9.68 Å². The molecule has 20 heavy (non-hydrogen) atoms. The van der Waals surface area contributed by atoms with Crippen molar-refractivity contribution in [1.29, 1.82) is 0 Å². The van der Waals surface area contributed by atoms with Crippen LogP contribution in [0.3, 0.4) is 0 Å². The van der Waals surface area contributed by atoms with E-state index < -0.39 is 17.9 Å². The van der Waals surface area contributed by atoms with Crippen LogP contribution >= 0.6 is 0 Å². The summed E-state index contributed by atoms with van der Waals surface area (Å²) in [6.07, 6.45) is 1.05. The monoisotopic (exact) mass is 280 g/mol. The Labute approximate surface area is 117 Å². The molecule has 0 fully saturated rings. The molecule has 0 saturated heterocycles. The smallest absolute Gasteiger partial charge is 0.331 e. The Morgan fingerprint density at radius 2 is 1.90 bits per heavy atom. The first-order valence-electron chi connectivity index (χ1n) is 6.37. The Bertz CT molecular complexity index is 488. The standard InChI is InChI=1S/C14H20N2O4/c1-9-5-3-6-11(10(9)2)12(14(18)20-16)7-4-8-13(17)19-15/h3,5-6,12H,4,7-8,15-16H2,1-2H3. The maximum absolute atomic E-state index is 11.8. The molecule has 6 heteroatoms. The van der Waals surface area contributed by atoms with Gasteiger partial charge >= 0.3 is 11.9 Å². The van der Waals surface area contributed by atoms with Gasteiger partial charge in [-0.2, -0.15) is 11.8 Å². The van der Waals surface area contributed by atoms with Gasteiger partial charge in [0.15, 0.2) is 0 Å². The Balaban J connectivity index is 2.87. The van der Waals surface area contributed by atoms with Crippen LogP contribution in [0.25, 0.3) is 0 Å². The lowest BCUT2D eigenvalue weighted by Gasteiger charge is -2.17. The summed E-state index contributed by atoms with van der Waals surface area (Å²) < 4.78 is 0. The van der Waals surface area contributed by atoms with Gasteiger partial charge in [0.05, 0.1) is 5.92 Å². The number of carbonyl (C=O) groups excluding carboxylic acids is 2. The van der Waals surface area contributed by atoms with Gasteiger partial charge in [-0.05, 0) is 43.4 Å². The van der Waals surface area contributed by atoms with Crippen LogP contribution in [-0.2, 0) is 19.3 Å². The molecule has 1 aromatic carbocycles. The van der Waals surface area contributed by atoms with Gasteiger partial charge in [-0.15, -0.1) is 0 Å². The number of hydrogen-bond acceptors (Lipinski definition) is 6. The number of carbonyl (C=O) groups is 2. The molecule has 0 spiro atoms. The molecule has 0 radical (unpaired) electrons. The summed E-state index contributed by atoms with van der Waals surface area (Å²) in [4.78, 5) is 31.3. The average Bonchev–Trinajstić information content (AvgIpc) is 2.46. The molecule has 4 N–H and O–H groups in total. The van der Waals surface area contributed by atoms with E-state index in [-0.39, 0.29) is 6.42 Å².